The van der Waals surface area contributed by atoms with Gasteiger partial charge in [0.25, 0.3) is 0 Å². The van der Waals surface area contributed by atoms with Crippen LogP contribution in [0.15, 0.2) is 12.3 Å². The van der Waals surface area contributed by atoms with Gasteiger partial charge in [0, 0.05) is 23.7 Å². The van der Waals surface area contributed by atoms with E-state index in [-0.39, 0.29) is 46.1 Å². The minimum atomic E-state index is -0.540. The Balaban J connectivity index is 2.11. The summed E-state index contributed by atoms with van der Waals surface area (Å²) >= 11 is 0. The molecule has 7 atom stereocenters. The van der Waals surface area contributed by atoms with Crippen molar-refractivity contribution < 1.29 is 19.1 Å². The number of ether oxygens (including phenoxy) is 1. The lowest BCUT2D eigenvalue weighted by Crippen LogP contribution is -2.62. The maximum absolute atomic E-state index is 13.2. The summed E-state index contributed by atoms with van der Waals surface area (Å²) in [6.07, 6.45) is 3.15. The summed E-state index contributed by atoms with van der Waals surface area (Å²) in [7, 11) is 0. The van der Waals surface area contributed by atoms with E-state index in [9.17, 15) is 14.4 Å². The van der Waals surface area contributed by atoms with Crippen LogP contribution in [0, 0.1) is 34.5 Å². The van der Waals surface area contributed by atoms with Gasteiger partial charge in [-0.15, -0.1) is 0 Å². The predicted molar refractivity (Wildman–Crippen MR) is 90.1 cm³/mol. The van der Waals surface area contributed by atoms with E-state index >= 15 is 0 Å². The van der Waals surface area contributed by atoms with Crippen molar-refractivity contribution >= 4 is 17.9 Å². The first kappa shape index (κ1) is 17.4. The average molecular weight is 332 g/mol. The molecule has 0 aromatic rings. The number of Topliss-reactive ketones (excluding diaryl/α,β-unsaturated/α-hetero) is 2. The summed E-state index contributed by atoms with van der Waals surface area (Å²) in [6.45, 7) is 11.9. The van der Waals surface area contributed by atoms with Crippen LogP contribution in [0.25, 0.3) is 0 Å². The fourth-order valence-corrected chi connectivity index (χ4v) is 6.18. The normalized spacial score (nSPS) is 48.1. The lowest BCUT2D eigenvalue weighted by atomic mass is 9.42. The van der Waals surface area contributed by atoms with Crippen molar-refractivity contribution in [2.45, 2.75) is 59.5 Å². The molecule has 1 aliphatic heterocycles. The molecule has 0 unspecified atom stereocenters. The molecule has 132 valence electrons. The number of carbonyl (C=O) groups excluding carboxylic acids is 3. The topological polar surface area (TPSA) is 60.4 Å². The molecule has 4 nitrogen and oxygen atoms in total. The van der Waals surface area contributed by atoms with Gasteiger partial charge in [-0.1, -0.05) is 27.4 Å². The van der Waals surface area contributed by atoms with E-state index < -0.39 is 6.10 Å². The van der Waals surface area contributed by atoms with Gasteiger partial charge >= 0.3 is 0 Å². The quantitative estimate of drug-likeness (QED) is 0.728. The molecule has 0 bridgehead atoms. The molecule has 0 radical (unpaired) electrons. The van der Waals surface area contributed by atoms with Crippen LogP contribution < -0.4 is 0 Å². The second-order valence-corrected chi connectivity index (χ2v) is 8.70. The number of aldehydes is 1. The molecular formula is C20H28O4. The number of allylic oxidation sites excluding steroid dienone is 1. The van der Waals surface area contributed by atoms with E-state index in [4.69, 9.17) is 4.74 Å². The van der Waals surface area contributed by atoms with E-state index in [0.717, 1.165) is 19.1 Å². The van der Waals surface area contributed by atoms with Crippen molar-refractivity contribution in [3.8, 4) is 0 Å². The molecule has 0 amide bonds. The molecule has 1 saturated heterocycles. The number of ketones is 2. The van der Waals surface area contributed by atoms with E-state index in [1.165, 1.54) is 0 Å². The van der Waals surface area contributed by atoms with Crippen LogP contribution in [0.4, 0.5) is 0 Å². The highest BCUT2D eigenvalue weighted by Gasteiger charge is 2.64. The molecule has 1 heterocycles. The van der Waals surface area contributed by atoms with Gasteiger partial charge < -0.3 is 4.74 Å². The van der Waals surface area contributed by atoms with Gasteiger partial charge in [-0.3, -0.25) is 14.4 Å². The lowest BCUT2D eigenvalue weighted by Gasteiger charge is -2.62. The number of carbonyl (C=O) groups is 3. The SMILES string of the molecule is C=C1O[C@@H](C=O)C[C@]2(C)[C@H]3C(=O)[C@H](C)C[C@@H](C(C)=O)[C@]3(C)CC[C@@H]12. The summed E-state index contributed by atoms with van der Waals surface area (Å²) in [4.78, 5) is 37.0. The van der Waals surface area contributed by atoms with Crippen LogP contribution >= 0.6 is 0 Å². The van der Waals surface area contributed by atoms with Crippen molar-refractivity contribution in [2.75, 3.05) is 0 Å². The zero-order chi connectivity index (χ0) is 17.9. The van der Waals surface area contributed by atoms with Crippen LogP contribution in [-0.2, 0) is 19.1 Å². The van der Waals surface area contributed by atoms with Gasteiger partial charge in [-0.25, -0.2) is 0 Å². The number of rotatable bonds is 2. The Morgan fingerprint density at radius 3 is 2.58 bits per heavy atom. The van der Waals surface area contributed by atoms with Crippen molar-refractivity contribution in [1.29, 1.82) is 0 Å². The maximum Gasteiger partial charge on any atom is 0.160 e. The van der Waals surface area contributed by atoms with Crippen LogP contribution in [-0.4, -0.2) is 24.0 Å². The third-order valence-electron chi connectivity index (χ3n) is 7.22. The van der Waals surface area contributed by atoms with Crippen LogP contribution in [0.1, 0.15) is 53.4 Å². The van der Waals surface area contributed by atoms with E-state index in [1.807, 2.05) is 6.92 Å². The molecule has 2 saturated carbocycles. The summed E-state index contributed by atoms with van der Waals surface area (Å²) in [6, 6.07) is 0. The zero-order valence-electron chi connectivity index (χ0n) is 15.1. The van der Waals surface area contributed by atoms with E-state index in [0.29, 0.717) is 18.6 Å². The molecule has 3 rings (SSSR count). The fourth-order valence-electron chi connectivity index (χ4n) is 6.18. The van der Waals surface area contributed by atoms with Gasteiger partial charge in [0.1, 0.15) is 11.6 Å². The molecule has 3 aliphatic rings. The molecular weight excluding hydrogens is 304 g/mol. The molecule has 4 heteroatoms. The highest BCUT2D eigenvalue weighted by molar-refractivity contribution is 5.90. The Hall–Kier alpha value is -1.45. The summed E-state index contributed by atoms with van der Waals surface area (Å²) in [5.74, 6) is 0.729. The third-order valence-corrected chi connectivity index (χ3v) is 7.22. The van der Waals surface area contributed by atoms with Gasteiger partial charge in [-0.2, -0.15) is 0 Å². The Morgan fingerprint density at radius 1 is 1.33 bits per heavy atom. The average Bonchev–Trinajstić information content (AvgIpc) is 2.49. The number of hydrogen-bond acceptors (Lipinski definition) is 4. The molecule has 0 aromatic heterocycles. The summed E-state index contributed by atoms with van der Waals surface area (Å²) in [5.41, 5.74) is -0.695. The van der Waals surface area contributed by atoms with Gasteiger partial charge in [-0.05, 0) is 43.4 Å². The summed E-state index contributed by atoms with van der Waals surface area (Å²) < 4.78 is 5.68. The second-order valence-electron chi connectivity index (χ2n) is 8.70. The maximum atomic E-state index is 13.2. The number of hydrogen-bond donors (Lipinski definition) is 0. The monoisotopic (exact) mass is 332 g/mol. The third kappa shape index (κ3) is 2.21. The molecule has 0 N–H and O–H groups in total. The fraction of sp³-hybridized carbons (Fsp3) is 0.750. The lowest BCUT2D eigenvalue weighted by molar-refractivity contribution is -0.180. The van der Waals surface area contributed by atoms with Crippen LogP contribution in [0.5, 0.6) is 0 Å². The molecule has 2 aliphatic carbocycles. The van der Waals surface area contributed by atoms with E-state index in [2.05, 4.69) is 20.4 Å². The first-order valence-corrected chi connectivity index (χ1v) is 9.00. The van der Waals surface area contributed by atoms with Crippen molar-refractivity contribution in [3.05, 3.63) is 12.3 Å². The molecule has 3 fully saturated rings. The summed E-state index contributed by atoms with van der Waals surface area (Å²) in [5, 5.41) is 0. The number of fused-ring (bicyclic) bond motifs is 3. The molecule has 24 heavy (non-hydrogen) atoms. The highest BCUT2D eigenvalue weighted by Crippen LogP contribution is 2.65. The first-order chi connectivity index (χ1) is 11.1. The minimum absolute atomic E-state index is 0.0774. The van der Waals surface area contributed by atoms with Crippen molar-refractivity contribution in [2.24, 2.45) is 34.5 Å². The predicted octanol–water partition coefficient (Wildman–Crippen LogP) is 3.34. The molecule has 0 spiro atoms. The zero-order valence-corrected chi connectivity index (χ0v) is 15.1. The Labute approximate surface area is 144 Å². The minimum Gasteiger partial charge on any atom is -0.488 e. The Kier molecular flexibility index (Phi) is 4.01. The standard InChI is InChI=1S/C20H28O4/c1-11-8-16(12(2)22)19(4)7-6-15-13(3)24-14(10-21)9-20(15,5)18(19)17(11)23/h10-11,14-16,18H,3,6-9H2,1-2,4-5H3/t11-,14-,15+,16+,18+,19+,20+/m1/s1. The van der Waals surface area contributed by atoms with Crippen molar-refractivity contribution in [1.82, 2.24) is 0 Å². The van der Waals surface area contributed by atoms with Gasteiger partial charge in [0.05, 0.1) is 5.76 Å². The highest BCUT2D eigenvalue weighted by atomic mass is 16.5. The smallest absolute Gasteiger partial charge is 0.160 e. The van der Waals surface area contributed by atoms with Crippen LogP contribution in [0.2, 0.25) is 0 Å². The van der Waals surface area contributed by atoms with Crippen LogP contribution in [0.3, 0.4) is 0 Å². The first-order valence-electron chi connectivity index (χ1n) is 9.00. The molecule has 0 aromatic carbocycles. The van der Waals surface area contributed by atoms with Gasteiger partial charge in [0.2, 0.25) is 0 Å². The Morgan fingerprint density at radius 2 is 2.00 bits per heavy atom. The van der Waals surface area contributed by atoms with Gasteiger partial charge in [0.15, 0.2) is 12.4 Å². The van der Waals surface area contributed by atoms with E-state index in [1.54, 1.807) is 6.92 Å². The Bertz CT molecular complexity index is 609. The largest absolute Gasteiger partial charge is 0.488 e. The van der Waals surface area contributed by atoms with Crippen molar-refractivity contribution in [3.63, 3.8) is 0 Å². The second kappa shape index (κ2) is 5.53.